The molecule has 0 bridgehead atoms. The van der Waals surface area contributed by atoms with E-state index in [9.17, 15) is 9.59 Å². The number of carbonyl (C=O) groups excluding carboxylic acids is 2. The molecule has 5 nitrogen and oxygen atoms in total. The molecule has 0 unspecified atom stereocenters. The van der Waals surface area contributed by atoms with E-state index < -0.39 is 0 Å². The van der Waals surface area contributed by atoms with E-state index >= 15 is 0 Å². The standard InChI is InChI=1S/C20H24N2O3/c1-4-16-9-5-7-11-18(16)22(15(2)23)14-13-21-20(24)17-10-6-8-12-19(17)25-3/h5-12H,4,13-14H2,1-3H3,(H,21,24). The highest BCUT2D eigenvalue weighted by Gasteiger charge is 2.16. The normalized spacial score (nSPS) is 10.2. The SMILES string of the molecule is CCc1ccccc1N(CCNC(=O)c1ccccc1OC)C(C)=O. The number of carbonyl (C=O) groups is 2. The minimum Gasteiger partial charge on any atom is -0.496 e. The van der Waals surface area contributed by atoms with Gasteiger partial charge in [0.2, 0.25) is 5.91 Å². The van der Waals surface area contributed by atoms with E-state index in [1.807, 2.05) is 30.3 Å². The van der Waals surface area contributed by atoms with Gasteiger partial charge in [0.15, 0.2) is 0 Å². The van der Waals surface area contributed by atoms with Crippen LogP contribution < -0.4 is 15.0 Å². The number of para-hydroxylation sites is 2. The maximum Gasteiger partial charge on any atom is 0.255 e. The third-order valence-corrected chi connectivity index (χ3v) is 4.02. The van der Waals surface area contributed by atoms with Crippen LogP contribution in [0.25, 0.3) is 0 Å². The van der Waals surface area contributed by atoms with Crippen molar-refractivity contribution in [3.8, 4) is 5.75 Å². The fourth-order valence-electron chi connectivity index (χ4n) is 2.73. The fourth-order valence-corrected chi connectivity index (χ4v) is 2.73. The lowest BCUT2D eigenvalue weighted by Crippen LogP contribution is -2.38. The van der Waals surface area contributed by atoms with Crippen molar-refractivity contribution in [3.63, 3.8) is 0 Å². The molecule has 2 aromatic rings. The van der Waals surface area contributed by atoms with E-state index in [4.69, 9.17) is 4.74 Å². The molecular weight excluding hydrogens is 316 g/mol. The molecule has 2 amide bonds. The number of anilines is 1. The van der Waals surface area contributed by atoms with Crippen molar-refractivity contribution in [1.29, 1.82) is 0 Å². The number of amides is 2. The van der Waals surface area contributed by atoms with Crippen molar-refractivity contribution in [3.05, 3.63) is 59.7 Å². The Morgan fingerprint density at radius 2 is 1.76 bits per heavy atom. The highest BCUT2D eigenvalue weighted by molar-refractivity contribution is 5.97. The molecule has 25 heavy (non-hydrogen) atoms. The van der Waals surface area contributed by atoms with Gasteiger partial charge in [0.05, 0.1) is 12.7 Å². The first-order valence-electron chi connectivity index (χ1n) is 8.35. The number of rotatable bonds is 7. The van der Waals surface area contributed by atoms with Crippen LogP contribution in [0.5, 0.6) is 5.75 Å². The third-order valence-electron chi connectivity index (χ3n) is 4.02. The predicted octanol–water partition coefficient (Wildman–Crippen LogP) is 3.04. The number of nitrogens with zero attached hydrogens (tertiary/aromatic N) is 1. The molecule has 0 heterocycles. The summed E-state index contributed by atoms with van der Waals surface area (Å²) in [5.41, 5.74) is 2.48. The maximum atomic E-state index is 12.3. The molecular formula is C20H24N2O3. The Kier molecular flexibility index (Phi) is 6.57. The summed E-state index contributed by atoms with van der Waals surface area (Å²) in [4.78, 5) is 26.1. The van der Waals surface area contributed by atoms with Gasteiger partial charge in [-0.15, -0.1) is 0 Å². The number of hydrogen-bond acceptors (Lipinski definition) is 3. The number of aryl methyl sites for hydroxylation is 1. The van der Waals surface area contributed by atoms with Gasteiger partial charge in [0.25, 0.3) is 5.91 Å². The first-order chi connectivity index (χ1) is 12.1. The summed E-state index contributed by atoms with van der Waals surface area (Å²) in [6.45, 7) is 4.36. The van der Waals surface area contributed by atoms with Crippen molar-refractivity contribution >= 4 is 17.5 Å². The zero-order valence-electron chi connectivity index (χ0n) is 14.9. The summed E-state index contributed by atoms with van der Waals surface area (Å²) >= 11 is 0. The highest BCUT2D eigenvalue weighted by atomic mass is 16.5. The fraction of sp³-hybridized carbons (Fsp3) is 0.300. The lowest BCUT2D eigenvalue weighted by atomic mass is 10.1. The monoisotopic (exact) mass is 340 g/mol. The van der Waals surface area contributed by atoms with E-state index in [2.05, 4.69) is 12.2 Å². The average Bonchev–Trinajstić information content (AvgIpc) is 2.64. The van der Waals surface area contributed by atoms with Crippen LogP contribution in [0.15, 0.2) is 48.5 Å². The highest BCUT2D eigenvalue weighted by Crippen LogP contribution is 2.21. The topological polar surface area (TPSA) is 58.6 Å². The molecule has 0 radical (unpaired) electrons. The second kappa shape index (κ2) is 8.87. The van der Waals surface area contributed by atoms with E-state index in [1.54, 1.807) is 23.1 Å². The average molecular weight is 340 g/mol. The Balaban J connectivity index is 2.05. The molecule has 0 saturated carbocycles. The summed E-state index contributed by atoms with van der Waals surface area (Å²) in [6, 6.07) is 14.9. The van der Waals surface area contributed by atoms with Gasteiger partial charge in [-0.1, -0.05) is 37.3 Å². The zero-order valence-corrected chi connectivity index (χ0v) is 14.9. The second-order valence-corrected chi connectivity index (χ2v) is 5.61. The summed E-state index contributed by atoms with van der Waals surface area (Å²) in [5.74, 6) is 0.261. The number of methoxy groups -OCH3 is 1. The molecule has 2 aromatic carbocycles. The first kappa shape index (κ1) is 18.5. The van der Waals surface area contributed by atoms with Crippen molar-refractivity contribution in [2.45, 2.75) is 20.3 Å². The van der Waals surface area contributed by atoms with Gasteiger partial charge in [-0.2, -0.15) is 0 Å². The number of ether oxygens (including phenoxy) is 1. The quantitative estimate of drug-likeness (QED) is 0.843. The molecule has 0 fully saturated rings. The Labute approximate surface area is 148 Å². The zero-order chi connectivity index (χ0) is 18.2. The predicted molar refractivity (Wildman–Crippen MR) is 99.2 cm³/mol. The lowest BCUT2D eigenvalue weighted by Gasteiger charge is -2.24. The molecule has 2 rings (SSSR count). The van der Waals surface area contributed by atoms with Crippen LogP contribution in [0.3, 0.4) is 0 Å². The van der Waals surface area contributed by atoms with Crippen molar-refractivity contribution in [2.24, 2.45) is 0 Å². The van der Waals surface area contributed by atoms with E-state index in [-0.39, 0.29) is 11.8 Å². The molecule has 132 valence electrons. The smallest absolute Gasteiger partial charge is 0.255 e. The van der Waals surface area contributed by atoms with Crippen LogP contribution in [0.4, 0.5) is 5.69 Å². The summed E-state index contributed by atoms with van der Waals surface area (Å²) in [5, 5.41) is 2.85. The molecule has 0 saturated heterocycles. The first-order valence-corrected chi connectivity index (χ1v) is 8.35. The van der Waals surface area contributed by atoms with E-state index in [0.29, 0.717) is 24.4 Å². The molecule has 5 heteroatoms. The lowest BCUT2D eigenvalue weighted by molar-refractivity contribution is -0.116. The molecule has 0 aromatic heterocycles. The maximum absolute atomic E-state index is 12.3. The number of benzene rings is 2. The number of hydrogen-bond donors (Lipinski definition) is 1. The van der Waals surface area contributed by atoms with Crippen molar-refractivity contribution in [2.75, 3.05) is 25.1 Å². The Hall–Kier alpha value is -2.82. The summed E-state index contributed by atoms with van der Waals surface area (Å²) in [7, 11) is 1.53. The Morgan fingerprint density at radius 1 is 1.08 bits per heavy atom. The molecule has 0 spiro atoms. The minimum absolute atomic E-state index is 0.0487. The van der Waals surface area contributed by atoms with Gasteiger partial charge in [-0.25, -0.2) is 0 Å². The van der Waals surface area contributed by atoms with Gasteiger partial charge >= 0.3 is 0 Å². The molecule has 1 N–H and O–H groups in total. The van der Waals surface area contributed by atoms with Crippen LogP contribution in [-0.4, -0.2) is 32.0 Å². The van der Waals surface area contributed by atoms with Gasteiger partial charge < -0.3 is 15.0 Å². The van der Waals surface area contributed by atoms with E-state index in [1.165, 1.54) is 14.0 Å². The summed E-state index contributed by atoms with van der Waals surface area (Å²) in [6.07, 6.45) is 0.841. The second-order valence-electron chi connectivity index (χ2n) is 5.61. The molecule has 0 atom stereocenters. The van der Waals surface area contributed by atoms with Crippen molar-refractivity contribution < 1.29 is 14.3 Å². The van der Waals surface area contributed by atoms with Gasteiger partial charge in [-0.3, -0.25) is 9.59 Å². The van der Waals surface area contributed by atoms with Crippen LogP contribution in [-0.2, 0) is 11.2 Å². The molecule has 0 aliphatic rings. The van der Waals surface area contributed by atoms with Crippen molar-refractivity contribution in [1.82, 2.24) is 5.32 Å². The Morgan fingerprint density at radius 3 is 2.44 bits per heavy atom. The minimum atomic E-state index is -0.218. The van der Waals surface area contributed by atoms with Crippen LogP contribution in [0.1, 0.15) is 29.8 Å². The van der Waals surface area contributed by atoms with Crippen LogP contribution in [0, 0.1) is 0 Å². The molecule has 0 aliphatic carbocycles. The summed E-state index contributed by atoms with van der Waals surface area (Å²) < 4.78 is 5.21. The van der Waals surface area contributed by atoms with Crippen LogP contribution in [0.2, 0.25) is 0 Å². The molecule has 0 aliphatic heterocycles. The van der Waals surface area contributed by atoms with Gasteiger partial charge in [0, 0.05) is 25.7 Å². The Bertz CT molecular complexity index is 743. The number of nitrogens with one attached hydrogen (secondary N) is 1. The van der Waals surface area contributed by atoms with E-state index in [0.717, 1.165) is 17.7 Å². The van der Waals surface area contributed by atoms with Crippen LogP contribution >= 0.6 is 0 Å². The third kappa shape index (κ3) is 4.59. The largest absolute Gasteiger partial charge is 0.496 e. The van der Waals surface area contributed by atoms with Gasteiger partial charge in [0.1, 0.15) is 5.75 Å². The van der Waals surface area contributed by atoms with Gasteiger partial charge in [-0.05, 0) is 30.2 Å².